The van der Waals surface area contributed by atoms with E-state index in [9.17, 15) is 4.79 Å². The van der Waals surface area contributed by atoms with Gasteiger partial charge in [0.1, 0.15) is 0 Å². The first-order valence-corrected chi connectivity index (χ1v) is 8.95. The molecule has 1 amide bonds. The van der Waals surface area contributed by atoms with Crippen LogP contribution in [-0.2, 0) is 0 Å². The van der Waals surface area contributed by atoms with E-state index in [0.717, 1.165) is 33.4 Å². The number of amides is 1. The lowest BCUT2D eigenvalue weighted by Crippen LogP contribution is -2.13. The van der Waals surface area contributed by atoms with Crippen LogP contribution < -0.4 is 5.32 Å². The second-order valence-electron chi connectivity index (χ2n) is 6.71. The summed E-state index contributed by atoms with van der Waals surface area (Å²) in [6, 6.07) is 25.6. The van der Waals surface area contributed by atoms with Gasteiger partial charge in [-0.3, -0.25) is 4.79 Å². The average Bonchev–Trinajstić information content (AvgIpc) is 2.69. The summed E-state index contributed by atoms with van der Waals surface area (Å²) in [5.41, 5.74) is 6.27. The molecule has 132 valence electrons. The zero-order chi connectivity index (χ0) is 18.8. The number of anilines is 1. The van der Waals surface area contributed by atoms with E-state index < -0.39 is 0 Å². The summed E-state index contributed by atoms with van der Waals surface area (Å²) in [6.07, 6.45) is 0. The monoisotopic (exact) mass is 352 g/mol. The van der Waals surface area contributed by atoms with E-state index in [1.54, 1.807) is 0 Å². The molecule has 0 saturated carbocycles. The van der Waals surface area contributed by atoms with Crippen LogP contribution in [-0.4, -0.2) is 10.9 Å². The number of carbonyl (C=O) groups is 1. The lowest BCUT2D eigenvalue weighted by Gasteiger charge is -2.12. The number of aromatic nitrogens is 1. The van der Waals surface area contributed by atoms with Crippen LogP contribution in [0.3, 0.4) is 0 Å². The van der Waals surface area contributed by atoms with Gasteiger partial charge in [0.05, 0.1) is 16.8 Å². The molecule has 4 aromatic rings. The number of hydrogen-bond acceptors (Lipinski definition) is 2. The van der Waals surface area contributed by atoms with Gasteiger partial charge in [-0.1, -0.05) is 66.2 Å². The van der Waals surface area contributed by atoms with Gasteiger partial charge in [0.15, 0.2) is 0 Å². The Kier molecular flexibility index (Phi) is 4.43. The fraction of sp³-hybridized carbons (Fsp3) is 0.0833. The van der Waals surface area contributed by atoms with E-state index in [0.29, 0.717) is 5.56 Å². The van der Waals surface area contributed by atoms with Gasteiger partial charge < -0.3 is 5.32 Å². The van der Waals surface area contributed by atoms with Crippen molar-refractivity contribution in [2.45, 2.75) is 13.8 Å². The highest BCUT2D eigenvalue weighted by molar-refractivity contribution is 6.13. The van der Waals surface area contributed by atoms with Crippen LogP contribution in [0.25, 0.3) is 22.2 Å². The van der Waals surface area contributed by atoms with Crippen LogP contribution in [0.1, 0.15) is 21.5 Å². The Balaban J connectivity index is 1.82. The van der Waals surface area contributed by atoms with Gasteiger partial charge in [0, 0.05) is 16.6 Å². The van der Waals surface area contributed by atoms with E-state index in [1.807, 2.05) is 73.7 Å². The van der Waals surface area contributed by atoms with Gasteiger partial charge in [0.2, 0.25) is 0 Å². The minimum absolute atomic E-state index is 0.128. The molecule has 3 aromatic carbocycles. The third-order valence-corrected chi connectivity index (χ3v) is 4.70. The number of rotatable bonds is 3. The van der Waals surface area contributed by atoms with Crippen molar-refractivity contribution in [1.82, 2.24) is 4.98 Å². The number of para-hydroxylation sites is 2. The average molecular weight is 352 g/mol. The number of aryl methyl sites for hydroxylation is 2. The fourth-order valence-electron chi connectivity index (χ4n) is 3.14. The van der Waals surface area contributed by atoms with E-state index in [1.165, 1.54) is 5.56 Å². The summed E-state index contributed by atoms with van der Waals surface area (Å²) < 4.78 is 0. The molecule has 0 aliphatic heterocycles. The van der Waals surface area contributed by atoms with Gasteiger partial charge in [-0.05, 0) is 37.6 Å². The van der Waals surface area contributed by atoms with Gasteiger partial charge >= 0.3 is 0 Å². The zero-order valence-electron chi connectivity index (χ0n) is 15.4. The fourth-order valence-corrected chi connectivity index (χ4v) is 3.14. The van der Waals surface area contributed by atoms with Crippen LogP contribution in [0, 0.1) is 13.8 Å². The number of pyridine rings is 1. The quantitative estimate of drug-likeness (QED) is 0.508. The molecule has 0 atom stereocenters. The molecule has 27 heavy (non-hydrogen) atoms. The molecule has 0 aliphatic carbocycles. The van der Waals surface area contributed by atoms with Crippen molar-refractivity contribution in [3.8, 4) is 11.3 Å². The molecule has 0 bridgehead atoms. The van der Waals surface area contributed by atoms with Crippen molar-refractivity contribution in [2.75, 3.05) is 5.32 Å². The Labute approximate surface area is 158 Å². The maximum absolute atomic E-state index is 13.1. The third kappa shape index (κ3) is 3.44. The summed E-state index contributed by atoms with van der Waals surface area (Å²) in [5, 5.41) is 3.89. The Morgan fingerprint density at radius 1 is 0.852 bits per heavy atom. The lowest BCUT2D eigenvalue weighted by atomic mass is 10.0. The molecule has 0 aliphatic rings. The first-order valence-electron chi connectivity index (χ1n) is 8.95. The van der Waals surface area contributed by atoms with Crippen LogP contribution in [0.15, 0.2) is 78.9 Å². The predicted molar refractivity (Wildman–Crippen MR) is 111 cm³/mol. The van der Waals surface area contributed by atoms with E-state index in [4.69, 9.17) is 4.98 Å². The summed E-state index contributed by atoms with van der Waals surface area (Å²) in [4.78, 5) is 17.8. The van der Waals surface area contributed by atoms with Crippen molar-refractivity contribution in [3.05, 3.63) is 95.6 Å². The number of carbonyl (C=O) groups excluding carboxylic acids is 1. The Hall–Kier alpha value is -3.46. The third-order valence-electron chi connectivity index (χ3n) is 4.70. The Morgan fingerprint density at radius 3 is 2.33 bits per heavy atom. The minimum atomic E-state index is -0.128. The summed E-state index contributed by atoms with van der Waals surface area (Å²) >= 11 is 0. The van der Waals surface area contributed by atoms with Crippen molar-refractivity contribution < 1.29 is 4.79 Å². The molecule has 1 aromatic heterocycles. The van der Waals surface area contributed by atoms with Gasteiger partial charge in [0.25, 0.3) is 5.91 Å². The van der Waals surface area contributed by atoms with E-state index in [-0.39, 0.29) is 5.91 Å². The van der Waals surface area contributed by atoms with Crippen LogP contribution in [0.5, 0.6) is 0 Å². The summed E-state index contributed by atoms with van der Waals surface area (Å²) in [5.74, 6) is -0.128. The number of fused-ring (bicyclic) bond motifs is 1. The van der Waals surface area contributed by atoms with Crippen molar-refractivity contribution >= 4 is 22.5 Å². The molecule has 0 fully saturated rings. The standard InChI is InChI=1S/C24H20N2O/c1-16-11-13-18(14-12-16)23-15-20(19-8-4-6-10-22(19)25-23)24(27)26-21-9-5-3-7-17(21)2/h3-15H,1-2H3,(H,26,27). The highest BCUT2D eigenvalue weighted by Gasteiger charge is 2.14. The number of nitrogens with one attached hydrogen (secondary N) is 1. The molecule has 3 nitrogen and oxygen atoms in total. The topological polar surface area (TPSA) is 42.0 Å². The maximum atomic E-state index is 13.1. The predicted octanol–water partition coefficient (Wildman–Crippen LogP) is 5.77. The number of nitrogens with zero attached hydrogens (tertiary/aromatic N) is 1. The summed E-state index contributed by atoms with van der Waals surface area (Å²) in [6.45, 7) is 4.04. The first kappa shape index (κ1) is 17.0. The molecule has 0 unspecified atom stereocenters. The molecule has 0 saturated heterocycles. The molecule has 1 heterocycles. The molecule has 0 spiro atoms. The zero-order valence-corrected chi connectivity index (χ0v) is 15.4. The van der Waals surface area contributed by atoms with E-state index in [2.05, 4.69) is 24.4 Å². The van der Waals surface area contributed by atoms with Crippen molar-refractivity contribution in [3.63, 3.8) is 0 Å². The van der Waals surface area contributed by atoms with Gasteiger partial charge in [-0.15, -0.1) is 0 Å². The van der Waals surface area contributed by atoms with Gasteiger partial charge in [-0.2, -0.15) is 0 Å². The molecular formula is C24H20N2O. The normalized spacial score (nSPS) is 10.7. The molecule has 1 N–H and O–H groups in total. The van der Waals surface area contributed by atoms with Crippen LogP contribution in [0.4, 0.5) is 5.69 Å². The maximum Gasteiger partial charge on any atom is 0.256 e. The number of benzene rings is 3. The second kappa shape index (κ2) is 7.04. The van der Waals surface area contributed by atoms with Crippen LogP contribution in [0.2, 0.25) is 0 Å². The Bertz CT molecular complexity index is 1130. The van der Waals surface area contributed by atoms with Crippen molar-refractivity contribution in [1.29, 1.82) is 0 Å². The highest BCUT2D eigenvalue weighted by Crippen LogP contribution is 2.26. The smallest absolute Gasteiger partial charge is 0.256 e. The minimum Gasteiger partial charge on any atom is -0.322 e. The molecular weight excluding hydrogens is 332 g/mol. The molecule has 3 heteroatoms. The number of hydrogen-bond donors (Lipinski definition) is 1. The summed E-state index contributed by atoms with van der Waals surface area (Å²) in [7, 11) is 0. The van der Waals surface area contributed by atoms with Crippen molar-refractivity contribution in [2.24, 2.45) is 0 Å². The van der Waals surface area contributed by atoms with E-state index >= 15 is 0 Å². The largest absolute Gasteiger partial charge is 0.322 e. The first-order chi connectivity index (χ1) is 13.1. The molecule has 0 radical (unpaired) electrons. The SMILES string of the molecule is Cc1ccc(-c2cc(C(=O)Nc3ccccc3C)c3ccccc3n2)cc1. The molecule has 4 rings (SSSR count). The Morgan fingerprint density at radius 2 is 1.56 bits per heavy atom. The van der Waals surface area contributed by atoms with Crippen LogP contribution >= 0.6 is 0 Å². The second-order valence-corrected chi connectivity index (χ2v) is 6.71. The lowest BCUT2D eigenvalue weighted by molar-refractivity contribution is 0.102. The van der Waals surface area contributed by atoms with Gasteiger partial charge in [-0.25, -0.2) is 4.98 Å². The highest BCUT2D eigenvalue weighted by atomic mass is 16.1.